The Bertz CT molecular complexity index is 379. The van der Waals surface area contributed by atoms with E-state index >= 15 is 0 Å². The average molecular weight is 240 g/mol. The summed E-state index contributed by atoms with van der Waals surface area (Å²) in [6.45, 7) is 0. The average Bonchev–Trinajstić information content (AvgIpc) is 2.26. The molecule has 0 aliphatic heterocycles. The molecule has 3 nitrogen and oxygen atoms in total. The Kier molecular flexibility index (Phi) is 4.58. The Morgan fingerprint density at radius 1 is 1.53 bits per heavy atom. The Hall–Kier alpha value is -1.07. The Labute approximate surface area is 98.8 Å². The maximum atomic E-state index is 9.47. The summed E-state index contributed by atoms with van der Waals surface area (Å²) in [5.41, 5.74) is 0.674. The molecule has 0 radical (unpaired) electrons. The first kappa shape index (κ1) is 12.0. The third-order valence-corrected chi connectivity index (χ3v) is 3.12. The zero-order valence-electron chi connectivity index (χ0n) is 8.54. The number of hydrogen-bond acceptors (Lipinski definition) is 4. The van der Waals surface area contributed by atoms with Crippen LogP contribution in [-0.2, 0) is 0 Å². The van der Waals surface area contributed by atoms with E-state index in [-0.39, 0.29) is 5.75 Å². The molecule has 80 valence electrons. The van der Waals surface area contributed by atoms with Crippen molar-refractivity contribution >= 4 is 34.5 Å². The molecule has 0 amide bonds. The van der Waals surface area contributed by atoms with Crippen LogP contribution in [0.15, 0.2) is 29.4 Å². The molecule has 0 bridgehead atoms. The highest BCUT2D eigenvalue weighted by atomic mass is 32.2. The number of benzene rings is 1. The predicted molar refractivity (Wildman–Crippen MR) is 69.6 cm³/mol. The molecule has 0 unspecified atom stereocenters. The van der Waals surface area contributed by atoms with Gasteiger partial charge in [0.15, 0.2) is 4.32 Å². The molecule has 1 N–H and O–H groups in total. The number of thiocarbonyl (C=S) groups is 1. The van der Waals surface area contributed by atoms with E-state index in [2.05, 4.69) is 5.10 Å². The lowest BCUT2D eigenvalue weighted by Gasteiger charge is -2.10. The van der Waals surface area contributed by atoms with E-state index in [1.165, 1.54) is 11.8 Å². The van der Waals surface area contributed by atoms with Gasteiger partial charge in [-0.3, -0.25) is 5.01 Å². The third-order valence-electron chi connectivity index (χ3n) is 1.75. The van der Waals surface area contributed by atoms with Gasteiger partial charge in [0, 0.05) is 12.6 Å². The SMILES string of the molecule is CSC(=S)N(C)N=Cc1ccccc1O. The summed E-state index contributed by atoms with van der Waals surface area (Å²) in [7, 11) is 1.77. The smallest absolute Gasteiger partial charge is 0.156 e. The molecule has 0 aliphatic rings. The van der Waals surface area contributed by atoms with Crippen LogP contribution in [0.2, 0.25) is 0 Å². The first-order chi connectivity index (χ1) is 7.15. The monoisotopic (exact) mass is 240 g/mol. The Morgan fingerprint density at radius 3 is 2.80 bits per heavy atom. The van der Waals surface area contributed by atoms with Crippen LogP contribution in [0.4, 0.5) is 0 Å². The molecule has 1 aromatic rings. The van der Waals surface area contributed by atoms with Crippen molar-refractivity contribution < 1.29 is 5.11 Å². The Morgan fingerprint density at radius 2 is 2.20 bits per heavy atom. The topological polar surface area (TPSA) is 35.8 Å². The molecule has 1 aromatic carbocycles. The zero-order valence-corrected chi connectivity index (χ0v) is 10.2. The van der Waals surface area contributed by atoms with Gasteiger partial charge in [-0.15, -0.1) is 0 Å². The molecule has 1 rings (SSSR count). The lowest BCUT2D eigenvalue weighted by molar-refractivity contribution is 0.474. The number of thioether (sulfide) groups is 1. The number of hydrogen-bond donors (Lipinski definition) is 1. The number of para-hydroxylation sites is 1. The van der Waals surface area contributed by atoms with Gasteiger partial charge in [0.25, 0.3) is 0 Å². The molecule has 5 heteroatoms. The van der Waals surface area contributed by atoms with Crippen LogP contribution in [0.3, 0.4) is 0 Å². The number of hydrazone groups is 1. The summed E-state index contributed by atoms with van der Waals surface area (Å²) in [6.07, 6.45) is 3.48. The van der Waals surface area contributed by atoms with Gasteiger partial charge in [0.05, 0.1) is 6.21 Å². The number of phenols is 1. The number of rotatable bonds is 2. The summed E-state index contributed by atoms with van der Waals surface area (Å²) in [5.74, 6) is 0.213. The van der Waals surface area contributed by atoms with E-state index in [9.17, 15) is 5.11 Å². The molecule has 0 heterocycles. The van der Waals surface area contributed by atoms with Gasteiger partial charge in [0.2, 0.25) is 0 Å². The van der Waals surface area contributed by atoms with Gasteiger partial charge < -0.3 is 5.11 Å². The molecule has 0 aliphatic carbocycles. The molecular formula is C10H12N2OS2. The molecule has 0 saturated heterocycles. The van der Waals surface area contributed by atoms with E-state index in [0.717, 1.165) is 0 Å². The lowest BCUT2D eigenvalue weighted by atomic mass is 10.2. The van der Waals surface area contributed by atoms with Gasteiger partial charge in [-0.05, 0) is 18.4 Å². The van der Waals surface area contributed by atoms with Crippen molar-refractivity contribution in [3.63, 3.8) is 0 Å². The minimum Gasteiger partial charge on any atom is -0.507 e. The number of aromatic hydroxyl groups is 1. The van der Waals surface area contributed by atoms with Crippen molar-refractivity contribution in [2.24, 2.45) is 5.10 Å². The van der Waals surface area contributed by atoms with Crippen molar-refractivity contribution in [1.29, 1.82) is 0 Å². The van der Waals surface area contributed by atoms with Gasteiger partial charge in [-0.1, -0.05) is 36.1 Å². The van der Waals surface area contributed by atoms with Gasteiger partial charge in [-0.25, -0.2) is 0 Å². The maximum absolute atomic E-state index is 9.47. The first-order valence-electron chi connectivity index (χ1n) is 4.29. The predicted octanol–water partition coefficient (Wildman–Crippen LogP) is 2.31. The largest absolute Gasteiger partial charge is 0.507 e. The maximum Gasteiger partial charge on any atom is 0.156 e. The molecule has 0 atom stereocenters. The van der Waals surface area contributed by atoms with Crippen molar-refractivity contribution in [2.45, 2.75) is 0 Å². The van der Waals surface area contributed by atoms with Crippen LogP contribution in [-0.4, -0.2) is 34.0 Å². The van der Waals surface area contributed by atoms with E-state index in [1.54, 1.807) is 36.5 Å². The second-order valence-electron chi connectivity index (χ2n) is 2.80. The summed E-state index contributed by atoms with van der Waals surface area (Å²) in [4.78, 5) is 0. The van der Waals surface area contributed by atoms with Gasteiger partial charge in [-0.2, -0.15) is 5.10 Å². The second kappa shape index (κ2) is 5.72. The van der Waals surface area contributed by atoms with Crippen LogP contribution >= 0.6 is 24.0 Å². The summed E-state index contributed by atoms with van der Waals surface area (Å²) >= 11 is 6.49. The summed E-state index contributed by atoms with van der Waals surface area (Å²) in [5, 5.41) is 15.2. The first-order valence-corrected chi connectivity index (χ1v) is 5.92. The molecule has 15 heavy (non-hydrogen) atoms. The lowest BCUT2D eigenvalue weighted by Crippen LogP contribution is -2.15. The van der Waals surface area contributed by atoms with E-state index in [1.807, 2.05) is 12.3 Å². The standard InChI is InChI=1S/C10H12N2OS2/c1-12(10(14)15-2)11-7-8-5-3-4-6-9(8)13/h3-7,13H,1-2H3. The number of phenolic OH excluding ortho intramolecular Hbond substituents is 1. The second-order valence-corrected chi connectivity index (χ2v) is 4.24. The van der Waals surface area contributed by atoms with Crippen LogP contribution < -0.4 is 0 Å². The van der Waals surface area contributed by atoms with Crippen LogP contribution in [0, 0.1) is 0 Å². The molecule has 0 spiro atoms. The molecule has 0 aromatic heterocycles. The molecule has 0 fully saturated rings. The summed E-state index contributed by atoms with van der Waals surface area (Å²) < 4.78 is 0.682. The van der Waals surface area contributed by atoms with Crippen molar-refractivity contribution in [1.82, 2.24) is 5.01 Å². The quantitative estimate of drug-likeness (QED) is 0.489. The molecule has 0 saturated carbocycles. The fourth-order valence-electron chi connectivity index (χ4n) is 0.925. The van der Waals surface area contributed by atoms with Crippen molar-refractivity contribution in [3.05, 3.63) is 29.8 Å². The van der Waals surface area contributed by atoms with Crippen molar-refractivity contribution in [3.8, 4) is 5.75 Å². The van der Waals surface area contributed by atoms with E-state index in [0.29, 0.717) is 9.88 Å². The highest BCUT2D eigenvalue weighted by molar-refractivity contribution is 8.22. The minimum atomic E-state index is 0.213. The summed E-state index contributed by atoms with van der Waals surface area (Å²) in [6, 6.07) is 7.01. The fraction of sp³-hybridized carbons (Fsp3) is 0.200. The van der Waals surface area contributed by atoms with Crippen LogP contribution in [0.25, 0.3) is 0 Å². The van der Waals surface area contributed by atoms with Crippen molar-refractivity contribution in [2.75, 3.05) is 13.3 Å². The number of nitrogens with zero attached hydrogens (tertiary/aromatic N) is 2. The normalized spacial score (nSPS) is 10.5. The Balaban J connectivity index is 2.74. The molecular weight excluding hydrogens is 228 g/mol. The highest BCUT2D eigenvalue weighted by Gasteiger charge is 1.99. The van der Waals surface area contributed by atoms with E-state index < -0.39 is 0 Å². The fourth-order valence-corrected chi connectivity index (χ4v) is 1.28. The zero-order chi connectivity index (χ0) is 11.3. The highest BCUT2D eigenvalue weighted by Crippen LogP contribution is 2.13. The van der Waals surface area contributed by atoms with E-state index in [4.69, 9.17) is 12.2 Å². The third kappa shape index (κ3) is 3.53. The van der Waals surface area contributed by atoms with Crippen LogP contribution in [0.1, 0.15) is 5.56 Å². The van der Waals surface area contributed by atoms with Crippen LogP contribution in [0.5, 0.6) is 5.75 Å². The minimum absolute atomic E-state index is 0.213. The van der Waals surface area contributed by atoms with Gasteiger partial charge in [0.1, 0.15) is 5.75 Å². The van der Waals surface area contributed by atoms with Gasteiger partial charge >= 0.3 is 0 Å².